The Morgan fingerprint density at radius 2 is 1.87 bits per heavy atom. The molecule has 2 aromatic carbocycles. The molecule has 0 atom stereocenters. The van der Waals surface area contributed by atoms with E-state index in [0.29, 0.717) is 17.9 Å². The van der Waals surface area contributed by atoms with E-state index in [1.54, 1.807) is 29.6 Å². The second-order valence-corrected chi connectivity index (χ2v) is 9.01. The molecule has 2 N–H and O–H groups in total. The lowest BCUT2D eigenvalue weighted by atomic mass is 10.2. The molecule has 7 nitrogen and oxygen atoms in total. The quantitative estimate of drug-likeness (QED) is 0.455. The Bertz CT molecular complexity index is 1250. The molecule has 0 radical (unpaired) electrons. The standard InChI is InChI=1S/C21H18N4O3S2/c26-20(19-10-5-12-25(19)15-16-6-2-1-3-7-16)23-17-8-4-9-18(14-17)30(27,28)24-21-22-11-13-29-21/h1-14H,15H2,(H,22,24)(H,23,26). The Balaban J connectivity index is 1.51. The third-order valence-electron chi connectivity index (χ3n) is 4.31. The van der Waals surface area contributed by atoms with Crippen molar-refractivity contribution in [3.63, 3.8) is 0 Å². The van der Waals surface area contributed by atoms with Crippen LogP contribution in [0, 0.1) is 0 Å². The van der Waals surface area contributed by atoms with E-state index < -0.39 is 10.0 Å². The first-order valence-electron chi connectivity index (χ1n) is 9.04. The van der Waals surface area contributed by atoms with Gasteiger partial charge < -0.3 is 9.88 Å². The maximum atomic E-state index is 12.8. The van der Waals surface area contributed by atoms with Gasteiger partial charge in [0.1, 0.15) is 5.69 Å². The number of sulfonamides is 1. The molecule has 2 aromatic heterocycles. The average Bonchev–Trinajstić information content (AvgIpc) is 3.41. The highest BCUT2D eigenvalue weighted by molar-refractivity contribution is 7.93. The SMILES string of the molecule is O=C(Nc1cccc(S(=O)(=O)Nc2nccs2)c1)c1cccn1Cc1ccccc1. The highest BCUT2D eigenvalue weighted by Crippen LogP contribution is 2.21. The summed E-state index contributed by atoms with van der Waals surface area (Å²) in [4.78, 5) is 16.8. The van der Waals surface area contributed by atoms with Crippen molar-refractivity contribution in [3.05, 3.63) is 95.8 Å². The van der Waals surface area contributed by atoms with Gasteiger partial charge >= 0.3 is 0 Å². The van der Waals surface area contributed by atoms with Crippen LogP contribution in [-0.2, 0) is 16.6 Å². The first-order chi connectivity index (χ1) is 14.5. The summed E-state index contributed by atoms with van der Waals surface area (Å²) in [5, 5.41) is 4.74. The van der Waals surface area contributed by atoms with Gasteiger partial charge in [-0.05, 0) is 35.9 Å². The van der Waals surface area contributed by atoms with Crippen LogP contribution in [0.3, 0.4) is 0 Å². The smallest absolute Gasteiger partial charge is 0.272 e. The fraction of sp³-hybridized carbons (Fsp3) is 0.0476. The van der Waals surface area contributed by atoms with E-state index in [9.17, 15) is 13.2 Å². The molecule has 2 heterocycles. The van der Waals surface area contributed by atoms with Crippen LogP contribution >= 0.6 is 11.3 Å². The molecule has 0 aliphatic carbocycles. The summed E-state index contributed by atoms with van der Waals surface area (Å²) in [6.07, 6.45) is 3.35. The van der Waals surface area contributed by atoms with Gasteiger partial charge in [0.05, 0.1) is 4.90 Å². The van der Waals surface area contributed by atoms with Gasteiger partial charge in [-0.15, -0.1) is 11.3 Å². The Hall–Kier alpha value is -3.43. The van der Waals surface area contributed by atoms with E-state index >= 15 is 0 Å². The summed E-state index contributed by atoms with van der Waals surface area (Å²) in [6, 6.07) is 19.4. The van der Waals surface area contributed by atoms with Gasteiger partial charge in [-0.2, -0.15) is 0 Å². The van der Waals surface area contributed by atoms with E-state index in [-0.39, 0.29) is 15.9 Å². The van der Waals surface area contributed by atoms with Crippen molar-refractivity contribution < 1.29 is 13.2 Å². The summed E-state index contributed by atoms with van der Waals surface area (Å²) in [6.45, 7) is 0.558. The molecule has 30 heavy (non-hydrogen) atoms. The minimum absolute atomic E-state index is 0.0372. The lowest BCUT2D eigenvalue weighted by Crippen LogP contribution is -2.18. The molecule has 0 aliphatic rings. The largest absolute Gasteiger partial charge is 0.339 e. The Kier molecular flexibility index (Phi) is 5.64. The highest BCUT2D eigenvalue weighted by Gasteiger charge is 2.17. The molecule has 1 amide bonds. The average molecular weight is 439 g/mol. The molecular formula is C21H18N4O3S2. The van der Waals surface area contributed by atoms with E-state index in [2.05, 4.69) is 15.0 Å². The highest BCUT2D eigenvalue weighted by atomic mass is 32.2. The number of anilines is 2. The number of carbonyl (C=O) groups excluding carboxylic acids is 1. The maximum absolute atomic E-state index is 12.8. The third-order valence-corrected chi connectivity index (χ3v) is 6.47. The van der Waals surface area contributed by atoms with E-state index in [4.69, 9.17) is 0 Å². The minimum Gasteiger partial charge on any atom is -0.339 e. The molecule has 0 fully saturated rings. The molecule has 4 aromatic rings. The molecule has 0 spiro atoms. The van der Waals surface area contributed by atoms with Crippen molar-refractivity contribution in [2.24, 2.45) is 0 Å². The monoisotopic (exact) mass is 438 g/mol. The number of nitrogens with zero attached hydrogens (tertiary/aromatic N) is 2. The predicted octanol–water partition coefficient (Wildman–Crippen LogP) is 4.05. The Morgan fingerprint density at radius 3 is 2.63 bits per heavy atom. The van der Waals surface area contributed by atoms with Crippen LogP contribution in [0.15, 0.2) is 89.4 Å². The summed E-state index contributed by atoms with van der Waals surface area (Å²) < 4.78 is 29.4. The fourth-order valence-corrected chi connectivity index (χ4v) is 4.76. The van der Waals surface area contributed by atoms with Gasteiger partial charge in [-0.3, -0.25) is 9.52 Å². The molecule has 0 unspecified atom stereocenters. The van der Waals surface area contributed by atoms with Crippen molar-refractivity contribution in [2.45, 2.75) is 11.4 Å². The molecule has 0 aliphatic heterocycles. The summed E-state index contributed by atoms with van der Waals surface area (Å²) in [5.41, 5.74) is 1.94. The number of rotatable bonds is 7. The molecule has 4 rings (SSSR count). The number of amides is 1. The Morgan fingerprint density at radius 1 is 1.03 bits per heavy atom. The van der Waals surface area contributed by atoms with Crippen molar-refractivity contribution in [3.8, 4) is 0 Å². The molecule has 0 saturated carbocycles. The number of hydrogen-bond donors (Lipinski definition) is 2. The number of aromatic nitrogens is 2. The molecule has 152 valence electrons. The number of hydrogen-bond acceptors (Lipinski definition) is 5. The third kappa shape index (κ3) is 4.58. The van der Waals surface area contributed by atoms with Gasteiger partial charge in [0, 0.05) is 30.0 Å². The van der Waals surface area contributed by atoms with Crippen LogP contribution in [-0.4, -0.2) is 23.9 Å². The van der Waals surface area contributed by atoms with Gasteiger partial charge in [0.15, 0.2) is 5.13 Å². The number of carbonyl (C=O) groups is 1. The molecule has 9 heteroatoms. The zero-order valence-corrected chi connectivity index (χ0v) is 17.4. The zero-order valence-electron chi connectivity index (χ0n) is 15.7. The fourth-order valence-electron chi connectivity index (χ4n) is 2.92. The van der Waals surface area contributed by atoms with Gasteiger partial charge in [-0.25, -0.2) is 13.4 Å². The normalized spacial score (nSPS) is 11.2. The van der Waals surface area contributed by atoms with Crippen LogP contribution in [0.4, 0.5) is 10.8 Å². The zero-order chi connectivity index (χ0) is 21.0. The maximum Gasteiger partial charge on any atom is 0.272 e. The van der Waals surface area contributed by atoms with Crippen LogP contribution in [0.2, 0.25) is 0 Å². The Labute approximate surface area is 178 Å². The van der Waals surface area contributed by atoms with Gasteiger partial charge in [-0.1, -0.05) is 36.4 Å². The topological polar surface area (TPSA) is 93.1 Å². The summed E-state index contributed by atoms with van der Waals surface area (Å²) in [5.74, 6) is -0.321. The first-order valence-corrected chi connectivity index (χ1v) is 11.4. The van der Waals surface area contributed by atoms with E-state index in [0.717, 1.165) is 5.56 Å². The number of thiazole rings is 1. The second-order valence-electron chi connectivity index (χ2n) is 6.43. The number of nitrogens with one attached hydrogen (secondary N) is 2. The summed E-state index contributed by atoms with van der Waals surface area (Å²) in [7, 11) is -3.80. The van der Waals surface area contributed by atoms with Crippen molar-refractivity contribution in [2.75, 3.05) is 10.0 Å². The van der Waals surface area contributed by atoms with Crippen molar-refractivity contribution in [1.29, 1.82) is 0 Å². The van der Waals surface area contributed by atoms with Crippen molar-refractivity contribution >= 4 is 38.1 Å². The molecular weight excluding hydrogens is 420 g/mol. The van der Waals surface area contributed by atoms with Crippen LogP contribution in [0.1, 0.15) is 16.1 Å². The second kappa shape index (κ2) is 8.52. The lowest BCUT2D eigenvalue weighted by molar-refractivity contribution is 0.101. The summed E-state index contributed by atoms with van der Waals surface area (Å²) >= 11 is 1.19. The van der Waals surface area contributed by atoms with E-state index in [1.165, 1.54) is 29.7 Å². The van der Waals surface area contributed by atoms with E-state index in [1.807, 2.05) is 41.1 Å². The van der Waals surface area contributed by atoms with Crippen molar-refractivity contribution in [1.82, 2.24) is 9.55 Å². The predicted molar refractivity (Wildman–Crippen MR) is 117 cm³/mol. The number of benzene rings is 2. The first kappa shape index (κ1) is 19.9. The van der Waals surface area contributed by atoms with Crippen LogP contribution < -0.4 is 10.0 Å². The molecule has 0 bridgehead atoms. The van der Waals surface area contributed by atoms with Crippen LogP contribution in [0.25, 0.3) is 0 Å². The minimum atomic E-state index is -3.80. The van der Waals surface area contributed by atoms with Gasteiger partial charge in [0.25, 0.3) is 15.9 Å². The van der Waals surface area contributed by atoms with Crippen LogP contribution in [0.5, 0.6) is 0 Å². The lowest BCUT2D eigenvalue weighted by Gasteiger charge is -2.11. The molecule has 0 saturated heterocycles. The van der Waals surface area contributed by atoms with Gasteiger partial charge in [0.2, 0.25) is 0 Å².